The van der Waals surface area contributed by atoms with Crippen LogP contribution in [0.5, 0.6) is 0 Å². The van der Waals surface area contributed by atoms with Crippen molar-refractivity contribution >= 4 is 11.9 Å². The number of amides is 1. The first-order valence-corrected chi connectivity index (χ1v) is 39.5. The standard InChI is InChI=1S/C79H155NO5/c1-3-5-7-9-11-13-15-17-19-21-36-41-45-49-53-57-61-65-69-73-79(84)85-74-70-66-62-58-54-50-46-42-38-35-33-31-29-27-25-23-24-26-28-30-32-34-37-40-44-48-52-56-60-64-68-72-78(83)80-76(75-81)77(82)71-67-63-59-55-51-47-43-39-22-20-18-16-14-12-10-8-6-4-2/h67,71,76-77,81-82H,3-66,68-70,72-75H2,1-2H3,(H,80,83)/b71-67+. The van der Waals surface area contributed by atoms with E-state index in [0.717, 1.165) is 38.5 Å². The van der Waals surface area contributed by atoms with E-state index in [-0.39, 0.29) is 18.5 Å². The summed E-state index contributed by atoms with van der Waals surface area (Å²) in [7, 11) is 0. The lowest BCUT2D eigenvalue weighted by molar-refractivity contribution is -0.143. The van der Waals surface area contributed by atoms with Gasteiger partial charge in [-0.25, -0.2) is 0 Å². The van der Waals surface area contributed by atoms with Crippen LogP contribution in [-0.2, 0) is 14.3 Å². The monoisotopic (exact) mass is 1200 g/mol. The Labute approximate surface area is 533 Å². The molecule has 0 heterocycles. The zero-order chi connectivity index (χ0) is 61.3. The third-order valence-corrected chi connectivity index (χ3v) is 18.8. The third kappa shape index (κ3) is 71.6. The molecule has 0 radical (unpaired) electrons. The van der Waals surface area contributed by atoms with Gasteiger partial charge in [0.2, 0.25) is 5.91 Å². The second-order valence-electron chi connectivity index (χ2n) is 27.4. The smallest absolute Gasteiger partial charge is 0.305 e. The van der Waals surface area contributed by atoms with E-state index >= 15 is 0 Å². The van der Waals surface area contributed by atoms with Gasteiger partial charge in [-0.05, 0) is 32.1 Å². The van der Waals surface area contributed by atoms with Crippen molar-refractivity contribution in [2.45, 2.75) is 469 Å². The van der Waals surface area contributed by atoms with Crippen molar-refractivity contribution < 1.29 is 24.5 Å². The predicted octanol–water partition coefficient (Wildman–Crippen LogP) is 25.9. The first kappa shape index (κ1) is 83.6. The zero-order valence-electron chi connectivity index (χ0n) is 58.1. The minimum atomic E-state index is -0.841. The number of hydrogen-bond donors (Lipinski definition) is 3. The molecule has 506 valence electrons. The minimum absolute atomic E-state index is 0.0265. The van der Waals surface area contributed by atoms with Crippen LogP contribution in [0, 0.1) is 0 Å². The Morgan fingerprint density at radius 1 is 0.318 bits per heavy atom. The third-order valence-electron chi connectivity index (χ3n) is 18.8. The number of nitrogens with one attached hydrogen (secondary N) is 1. The molecule has 0 aromatic carbocycles. The second-order valence-corrected chi connectivity index (χ2v) is 27.4. The number of unbranched alkanes of at least 4 members (excludes halogenated alkanes) is 64. The van der Waals surface area contributed by atoms with Gasteiger partial charge >= 0.3 is 5.97 Å². The quantitative estimate of drug-likeness (QED) is 0.0320. The number of ether oxygens (including phenoxy) is 1. The van der Waals surface area contributed by atoms with Gasteiger partial charge in [-0.15, -0.1) is 0 Å². The maximum absolute atomic E-state index is 12.5. The average molecular weight is 1200 g/mol. The van der Waals surface area contributed by atoms with E-state index in [2.05, 4.69) is 19.2 Å². The Hall–Kier alpha value is -1.40. The number of rotatable bonds is 75. The van der Waals surface area contributed by atoms with Crippen LogP contribution in [0.2, 0.25) is 0 Å². The van der Waals surface area contributed by atoms with Crippen LogP contribution >= 0.6 is 0 Å². The van der Waals surface area contributed by atoms with E-state index in [1.54, 1.807) is 6.08 Å². The molecule has 1 amide bonds. The number of esters is 1. The van der Waals surface area contributed by atoms with E-state index in [4.69, 9.17) is 4.74 Å². The average Bonchev–Trinajstić information content (AvgIpc) is 3.51. The topological polar surface area (TPSA) is 95.9 Å². The largest absolute Gasteiger partial charge is 0.466 e. The molecule has 0 aliphatic carbocycles. The van der Waals surface area contributed by atoms with E-state index in [0.29, 0.717) is 19.4 Å². The van der Waals surface area contributed by atoms with Crippen LogP contribution in [0.4, 0.5) is 0 Å². The van der Waals surface area contributed by atoms with Gasteiger partial charge < -0.3 is 20.3 Å². The van der Waals surface area contributed by atoms with Crippen molar-refractivity contribution in [1.29, 1.82) is 0 Å². The molecular formula is C79H155NO5. The predicted molar refractivity (Wildman–Crippen MR) is 375 cm³/mol. The molecule has 0 aromatic rings. The summed E-state index contributed by atoms with van der Waals surface area (Å²) in [6.07, 6.45) is 94.8. The van der Waals surface area contributed by atoms with Gasteiger partial charge in [0.05, 0.1) is 25.4 Å². The van der Waals surface area contributed by atoms with Gasteiger partial charge in [0.1, 0.15) is 0 Å². The highest BCUT2D eigenvalue weighted by Crippen LogP contribution is 2.20. The Morgan fingerprint density at radius 2 is 0.541 bits per heavy atom. The summed E-state index contributed by atoms with van der Waals surface area (Å²) in [4.78, 5) is 24.7. The van der Waals surface area contributed by atoms with E-state index in [9.17, 15) is 19.8 Å². The molecule has 2 atom stereocenters. The maximum atomic E-state index is 12.5. The van der Waals surface area contributed by atoms with Gasteiger partial charge in [0, 0.05) is 12.8 Å². The lowest BCUT2D eigenvalue weighted by atomic mass is 10.0. The fourth-order valence-electron chi connectivity index (χ4n) is 12.8. The highest BCUT2D eigenvalue weighted by atomic mass is 16.5. The molecule has 0 rings (SSSR count). The van der Waals surface area contributed by atoms with Crippen molar-refractivity contribution in [3.8, 4) is 0 Å². The highest BCUT2D eigenvalue weighted by Gasteiger charge is 2.18. The highest BCUT2D eigenvalue weighted by molar-refractivity contribution is 5.76. The molecule has 85 heavy (non-hydrogen) atoms. The Balaban J connectivity index is 3.32. The second kappa shape index (κ2) is 75.1. The van der Waals surface area contributed by atoms with Crippen molar-refractivity contribution in [3.63, 3.8) is 0 Å². The molecule has 0 fully saturated rings. The number of hydrogen-bond acceptors (Lipinski definition) is 5. The van der Waals surface area contributed by atoms with Gasteiger partial charge in [0.15, 0.2) is 0 Å². The van der Waals surface area contributed by atoms with Crippen molar-refractivity contribution in [1.82, 2.24) is 5.32 Å². The number of aliphatic hydroxyl groups excluding tert-OH is 2. The summed E-state index contributed by atoms with van der Waals surface area (Å²) in [6, 6.07) is -0.624. The van der Waals surface area contributed by atoms with E-state index in [1.807, 2.05) is 6.08 Å². The van der Waals surface area contributed by atoms with E-state index in [1.165, 1.54) is 392 Å². The van der Waals surface area contributed by atoms with Gasteiger partial charge in [-0.1, -0.05) is 424 Å². The fraction of sp³-hybridized carbons (Fsp3) is 0.949. The van der Waals surface area contributed by atoms with Gasteiger partial charge in [-0.3, -0.25) is 9.59 Å². The Kier molecular flexibility index (Phi) is 73.8. The summed E-state index contributed by atoms with van der Waals surface area (Å²) < 4.78 is 5.52. The minimum Gasteiger partial charge on any atom is -0.466 e. The summed E-state index contributed by atoms with van der Waals surface area (Å²) in [5.41, 5.74) is 0. The maximum Gasteiger partial charge on any atom is 0.305 e. The molecule has 0 aliphatic heterocycles. The molecule has 6 nitrogen and oxygen atoms in total. The molecule has 2 unspecified atom stereocenters. The van der Waals surface area contributed by atoms with Crippen LogP contribution in [0.3, 0.4) is 0 Å². The lowest BCUT2D eigenvalue weighted by Gasteiger charge is -2.20. The molecule has 0 saturated heterocycles. The number of carbonyl (C=O) groups excluding carboxylic acids is 2. The summed E-state index contributed by atoms with van der Waals surface area (Å²) in [5, 5.41) is 23.2. The molecule has 6 heteroatoms. The van der Waals surface area contributed by atoms with Crippen molar-refractivity contribution in [3.05, 3.63) is 12.2 Å². The Bertz CT molecular complexity index is 1290. The number of carbonyl (C=O) groups is 2. The van der Waals surface area contributed by atoms with Crippen LogP contribution in [0.1, 0.15) is 457 Å². The van der Waals surface area contributed by atoms with Gasteiger partial charge in [-0.2, -0.15) is 0 Å². The molecule has 0 bridgehead atoms. The number of allylic oxidation sites excluding steroid dienone is 1. The van der Waals surface area contributed by atoms with Crippen LogP contribution < -0.4 is 5.32 Å². The van der Waals surface area contributed by atoms with Crippen molar-refractivity contribution in [2.24, 2.45) is 0 Å². The summed E-state index contributed by atoms with van der Waals surface area (Å²) in [5.74, 6) is -0.0328. The van der Waals surface area contributed by atoms with Crippen LogP contribution in [0.25, 0.3) is 0 Å². The van der Waals surface area contributed by atoms with Crippen LogP contribution in [-0.4, -0.2) is 47.4 Å². The molecular weight excluding hydrogens is 1040 g/mol. The van der Waals surface area contributed by atoms with Gasteiger partial charge in [0.25, 0.3) is 0 Å². The number of aliphatic hydroxyl groups is 2. The lowest BCUT2D eigenvalue weighted by Crippen LogP contribution is -2.45. The first-order valence-electron chi connectivity index (χ1n) is 39.5. The normalized spacial score (nSPS) is 12.5. The fourth-order valence-corrected chi connectivity index (χ4v) is 12.8. The van der Waals surface area contributed by atoms with Crippen molar-refractivity contribution in [2.75, 3.05) is 13.2 Å². The summed E-state index contributed by atoms with van der Waals surface area (Å²) >= 11 is 0. The zero-order valence-corrected chi connectivity index (χ0v) is 58.1. The molecule has 3 N–H and O–H groups in total. The van der Waals surface area contributed by atoms with Crippen LogP contribution in [0.15, 0.2) is 12.2 Å². The van der Waals surface area contributed by atoms with E-state index < -0.39 is 12.1 Å². The molecule has 0 aromatic heterocycles. The SMILES string of the molecule is CCCCCCCCCCCCCCCCCC/C=C/C(O)C(CO)NC(=O)CCCCCCCCCCCCCCCCCCCCCCCCCCCCCCCCCOC(=O)CCCCCCCCCCCCCCCCCCCCC. The first-order chi connectivity index (χ1) is 42.0. The summed E-state index contributed by atoms with van der Waals surface area (Å²) in [6.45, 7) is 4.97. The molecule has 0 aliphatic rings. The molecule has 0 spiro atoms. The molecule has 0 saturated carbocycles. The Morgan fingerprint density at radius 3 is 0.800 bits per heavy atom.